The first-order valence-corrected chi connectivity index (χ1v) is 8.69. The molecule has 2 fully saturated rings. The maximum Gasteiger partial charge on any atom is 0.0716 e. The van der Waals surface area contributed by atoms with Crippen LogP contribution in [0.1, 0.15) is 79.1 Å². The Morgan fingerprint density at radius 1 is 1.10 bits per heavy atom. The molecule has 118 valence electrons. The molecule has 2 unspecified atom stereocenters. The van der Waals surface area contributed by atoms with E-state index in [2.05, 4.69) is 27.7 Å². The number of hydrogen-bond donors (Lipinski definition) is 2. The van der Waals surface area contributed by atoms with Crippen molar-refractivity contribution >= 4 is 0 Å². The van der Waals surface area contributed by atoms with Crippen molar-refractivity contribution in [3.05, 3.63) is 0 Å². The molecule has 2 atom stereocenters. The highest BCUT2D eigenvalue weighted by molar-refractivity contribution is 5.06. The van der Waals surface area contributed by atoms with E-state index in [9.17, 15) is 5.11 Å². The summed E-state index contributed by atoms with van der Waals surface area (Å²) in [6.45, 7) is 9.95. The molecule has 0 saturated heterocycles. The van der Waals surface area contributed by atoms with Gasteiger partial charge in [0.2, 0.25) is 0 Å². The molecular weight excluding hydrogens is 246 g/mol. The Hall–Kier alpha value is -0.0800. The minimum absolute atomic E-state index is 0.0104. The Kier molecular flexibility index (Phi) is 4.57. The zero-order chi connectivity index (χ0) is 15.0. The van der Waals surface area contributed by atoms with Gasteiger partial charge < -0.3 is 10.8 Å². The molecule has 0 aliphatic heterocycles. The molecule has 0 spiro atoms. The molecule has 0 aromatic heterocycles. The van der Waals surface area contributed by atoms with Crippen molar-refractivity contribution < 1.29 is 5.11 Å². The van der Waals surface area contributed by atoms with Crippen LogP contribution in [0.5, 0.6) is 0 Å². The summed E-state index contributed by atoms with van der Waals surface area (Å²) in [5.74, 6) is 1.53. The summed E-state index contributed by atoms with van der Waals surface area (Å²) in [5, 5.41) is 11.3. The maximum absolute atomic E-state index is 11.3. The van der Waals surface area contributed by atoms with Crippen molar-refractivity contribution in [1.29, 1.82) is 0 Å². The Morgan fingerprint density at radius 2 is 1.70 bits per heavy atom. The van der Waals surface area contributed by atoms with Gasteiger partial charge in [-0.05, 0) is 62.2 Å². The van der Waals surface area contributed by atoms with Gasteiger partial charge in [0.05, 0.1) is 5.60 Å². The molecule has 2 aliphatic rings. The first kappa shape index (κ1) is 16.3. The smallest absolute Gasteiger partial charge is 0.0716 e. The van der Waals surface area contributed by atoms with E-state index in [4.69, 9.17) is 5.73 Å². The predicted octanol–water partition coefficient (Wildman–Crippen LogP) is 4.11. The SMILES string of the molecule is CCC1CCC(CN)(C2(O)CCC(C(C)(C)C)CC2)C1. The number of nitrogens with two attached hydrogens (primary N) is 1. The van der Waals surface area contributed by atoms with Crippen LogP contribution >= 0.6 is 0 Å². The zero-order valence-electron chi connectivity index (χ0n) is 14.0. The summed E-state index contributed by atoms with van der Waals surface area (Å²) in [6.07, 6.45) is 9.04. The summed E-state index contributed by atoms with van der Waals surface area (Å²) in [4.78, 5) is 0. The normalized spacial score (nSPS) is 42.9. The van der Waals surface area contributed by atoms with Crippen molar-refractivity contribution in [2.75, 3.05) is 6.54 Å². The lowest BCUT2D eigenvalue weighted by atomic mass is 9.59. The van der Waals surface area contributed by atoms with Gasteiger partial charge >= 0.3 is 0 Å². The van der Waals surface area contributed by atoms with E-state index in [1.807, 2.05) is 0 Å². The predicted molar refractivity (Wildman–Crippen MR) is 85.5 cm³/mol. The highest BCUT2D eigenvalue weighted by Gasteiger charge is 2.54. The average molecular weight is 281 g/mol. The summed E-state index contributed by atoms with van der Waals surface area (Å²) >= 11 is 0. The molecule has 3 N–H and O–H groups in total. The summed E-state index contributed by atoms with van der Waals surface area (Å²) in [7, 11) is 0. The maximum atomic E-state index is 11.3. The number of aliphatic hydroxyl groups is 1. The fourth-order valence-electron chi connectivity index (χ4n) is 4.88. The van der Waals surface area contributed by atoms with E-state index in [0.717, 1.165) is 37.5 Å². The lowest BCUT2D eigenvalue weighted by Gasteiger charge is -2.50. The molecule has 0 heterocycles. The topological polar surface area (TPSA) is 46.2 Å². The molecule has 2 rings (SSSR count). The molecule has 2 nitrogen and oxygen atoms in total. The van der Waals surface area contributed by atoms with Gasteiger partial charge in [-0.1, -0.05) is 34.1 Å². The third-order valence-electron chi connectivity index (χ3n) is 6.70. The Labute approximate surface area is 125 Å². The third-order valence-corrected chi connectivity index (χ3v) is 6.70. The summed E-state index contributed by atoms with van der Waals surface area (Å²) in [5.41, 5.74) is 6.05. The Morgan fingerprint density at radius 3 is 2.10 bits per heavy atom. The van der Waals surface area contributed by atoms with Crippen molar-refractivity contribution in [3.8, 4) is 0 Å². The highest BCUT2D eigenvalue weighted by atomic mass is 16.3. The molecule has 0 aromatic carbocycles. The highest BCUT2D eigenvalue weighted by Crippen LogP contribution is 2.56. The molecule has 0 amide bonds. The van der Waals surface area contributed by atoms with Gasteiger partial charge in [-0.2, -0.15) is 0 Å². The lowest BCUT2D eigenvalue weighted by Crippen LogP contribution is -2.53. The third kappa shape index (κ3) is 2.78. The van der Waals surface area contributed by atoms with Crippen LogP contribution in [0.4, 0.5) is 0 Å². The first-order chi connectivity index (χ1) is 9.26. The van der Waals surface area contributed by atoms with Crippen molar-refractivity contribution in [2.24, 2.45) is 28.4 Å². The molecule has 20 heavy (non-hydrogen) atoms. The number of rotatable bonds is 3. The monoisotopic (exact) mass is 281 g/mol. The van der Waals surface area contributed by atoms with E-state index < -0.39 is 5.60 Å². The van der Waals surface area contributed by atoms with Gasteiger partial charge in [0.15, 0.2) is 0 Å². The van der Waals surface area contributed by atoms with Gasteiger partial charge in [0, 0.05) is 12.0 Å². The van der Waals surface area contributed by atoms with Crippen LogP contribution in [0.2, 0.25) is 0 Å². The molecule has 0 bridgehead atoms. The van der Waals surface area contributed by atoms with Crippen molar-refractivity contribution in [1.82, 2.24) is 0 Å². The van der Waals surface area contributed by atoms with Crippen molar-refractivity contribution in [2.45, 2.75) is 84.7 Å². The van der Waals surface area contributed by atoms with E-state index >= 15 is 0 Å². The molecular formula is C18H35NO. The van der Waals surface area contributed by atoms with E-state index in [1.165, 1.54) is 25.7 Å². The largest absolute Gasteiger partial charge is 0.389 e. The Balaban J connectivity index is 2.08. The Bertz CT molecular complexity index is 325. The second kappa shape index (κ2) is 5.61. The number of hydrogen-bond acceptors (Lipinski definition) is 2. The summed E-state index contributed by atoms with van der Waals surface area (Å²) in [6, 6.07) is 0. The van der Waals surface area contributed by atoms with Crippen molar-refractivity contribution in [3.63, 3.8) is 0 Å². The summed E-state index contributed by atoms with van der Waals surface area (Å²) < 4.78 is 0. The quantitative estimate of drug-likeness (QED) is 0.818. The van der Waals surface area contributed by atoms with Gasteiger partial charge in [0.25, 0.3) is 0 Å². The second-order valence-electron chi connectivity index (χ2n) is 8.67. The first-order valence-electron chi connectivity index (χ1n) is 8.69. The molecule has 0 aromatic rings. The molecule has 0 radical (unpaired) electrons. The van der Waals surface area contributed by atoms with Crippen LogP contribution in [-0.2, 0) is 0 Å². The van der Waals surface area contributed by atoms with Crippen LogP contribution < -0.4 is 5.73 Å². The van der Waals surface area contributed by atoms with E-state index in [1.54, 1.807) is 0 Å². The average Bonchev–Trinajstić information content (AvgIpc) is 2.83. The molecule has 2 heteroatoms. The van der Waals surface area contributed by atoms with Crippen LogP contribution in [0, 0.1) is 22.7 Å². The van der Waals surface area contributed by atoms with Gasteiger partial charge in [-0.25, -0.2) is 0 Å². The van der Waals surface area contributed by atoms with E-state index in [-0.39, 0.29) is 5.41 Å². The molecule has 2 saturated carbocycles. The fourth-order valence-corrected chi connectivity index (χ4v) is 4.88. The van der Waals surface area contributed by atoms with Crippen LogP contribution in [-0.4, -0.2) is 17.3 Å². The minimum atomic E-state index is -0.493. The van der Waals surface area contributed by atoms with Crippen LogP contribution in [0.3, 0.4) is 0 Å². The van der Waals surface area contributed by atoms with Crippen LogP contribution in [0.15, 0.2) is 0 Å². The standard InChI is InChI=1S/C18H35NO/c1-5-14-6-9-17(12-14,13-19)18(20)10-7-15(8-11-18)16(2,3)4/h14-15,20H,5-13,19H2,1-4H3. The fraction of sp³-hybridized carbons (Fsp3) is 1.00. The van der Waals surface area contributed by atoms with Crippen LogP contribution in [0.25, 0.3) is 0 Å². The van der Waals surface area contributed by atoms with Gasteiger partial charge in [-0.3, -0.25) is 0 Å². The lowest BCUT2D eigenvalue weighted by molar-refractivity contribution is -0.119. The second-order valence-corrected chi connectivity index (χ2v) is 8.67. The van der Waals surface area contributed by atoms with E-state index in [0.29, 0.717) is 12.0 Å². The van der Waals surface area contributed by atoms with Gasteiger partial charge in [0.1, 0.15) is 0 Å². The zero-order valence-corrected chi connectivity index (χ0v) is 14.0. The van der Waals surface area contributed by atoms with Gasteiger partial charge in [-0.15, -0.1) is 0 Å². The molecule has 2 aliphatic carbocycles. The minimum Gasteiger partial charge on any atom is -0.389 e.